The fourth-order valence-corrected chi connectivity index (χ4v) is 2.68. The summed E-state index contributed by atoms with van der Waals surface area (Å²) in [5, 5.41) is 2.63. The fraction of sp³-hybridized carbons (Fsp3) is 0.353. The topological polar surface area (TPSA) is 48.7 Å². The van der Waals surface area contributed by atoms with Gasteiger partial charge in [0.15, 0.2) is 0 Å². The van der Waals surface area contributed by atoms with Crippen LogP contribution in [0.2, 0.25) is 0 Å². The molecule has 8 heteroatoms. The van der Waals surface area contributed by atoms with Gasteiger partial charge in [-0.2, -0.15) is 13.2 Å². The summed E-state index contributed by atoms with van der Waals surface area (Å²) in [7, 11) is 0. The summed E-state index contributed by atoms with van der Waals surface area (Å²) in [6.45, 7) is 3.21. The Hall–Kier alpha value is -2.48. The molecule has 0 spiro atoms. The van der Waals surface area contributed by atoms with Crippen molar-refractivity contribution in [2.75, 3.05) is 31.5 Å². The number of carbonyl (C=O) groups is 1. The van der Waals surface area contributed by atoms with Gasteiger partial charge in [-0.1, -0.05) is 0 Å². The lowest BCUT2D eigenvalue weighted by Gasteiger charge is -2.34. The Bertz CT molecular complexity index is 691. The fourth-order valence-electron chi connectivity index (χ4n) is 2.68. The number of benzene rings is 1. The molecule has 0 unspecified atom stereocenters. The molecule has 2 amide bonds. The molecule has 1 N–H and O–H groups in total. The van der Waals surface area contributed by atoms with Crippen molar-refractivity contribution in [3.8, 4) is 0 Å². The highest BCUT2D eigenvalue weighted by Gasteiger charge is 2.30. The molecule has 1 saturated heterocycles. The summed E-state index contributed by atoms with van der Waals surface area (Å²) < 4.78 is 42.9. The summed E-state index contributed by atoms with van der Waals surface area (Å²) in [5.74, 6) is 0.877. The van der Waals surface area contributed by atoms with Crippen molar-refractivity contribution >= 4 is 11.7 Å². The summed E-state index contributed by atoms with van der Waals surface area (Å²) in [4.78, 5) is 16.1. The van der Waals surface area contributed by atoms with Crippen molar-refractivity contribution in [1.82, 2.24) is 9.80 Å². The zero-order valence-electron chi connectivity index (χ0n) is 13.4. The number of urea groups is 1. The lowest BCUT2D eigenvalue weighted by molar-refractivity contribution is -0.137. The zero-order valence-corrected chi connectivity index (χ0v) is 13.4. The van der Waals surface area contributed by atoms with Gasteiger partial charge in [-0.3, -0.25) is 4.90 Å². The van der Waals surface area contributed by atoms with Gasteiger partial charge in [-0.25, -0.2) is 4.79 Å². The number of piperazine rings is 1. The molecule has 1 aromatic heterocycles. The third-order valence-corrected chi connectivity index (χ3v) is 4.08. The van der Waals surface area contributed by atoms with Crippen LogP contribution in [-0.4, -0.2) is 42.0 Å². The summed E-state index contributed by atoms with van der Waals surface area (Å²) >= 11 is 0. The molecule has 2 heterocycles. The van der Waals surface area contributed by atoms with E-state index in [0.29, 0.717) is 38.4 Å². The first-order valence-corrected chi connectivity index (χ1v) is 7.90. The van der Waals surface area contributed by atoms with Gasteiger partial charge in [-0.05, 0) is 36.4 Å². The average Bonchev–Trinajstić information content (AvgIpc) is 3.08. The molecule has 134 valence electrons. The maximum atomic E-state index is 12.5. The third-order valence-electron chi connectivity index (χ3n) is 4.08. The highest BCUT2D eigenvalue weighted by Crippen LogP contribution is 2.29. The SMILES string of the molecule is O=C(Nc1ccc(C(F)(F)F)cc1)N1CCN(Cc2ccco2)CC1. The van der Waals surface area contributed by atoms with E-state index in [2.05, 4.69) is 10.2 Å². The molecule has 2 aromatic rings. The second kappa shape index (κ2) is 7.18. The van der Waals surface area contributed by atoms with E-state index in [4.69, 9.17) is 4.42 Å². The van der Waals surface area contributed by atoms with E-state index in [9.17, 15) is 18.0 Å². The van der Waals surface area contributed by atoms with E-state index in [1.54, 1.807) is 11.2 Å². The summed E-state index contributed by atoms with van der Waals surface area (Å²) in [5.41, 5.74) is -0.395. The van der Waals surface area contributed by atoms with Crippen LogP contribution in [0.5, 0.6) is 0 Å². The van der Waals surface area contributed by atoms with Gasteiger partial charge in [0, 0.05) is 31.9 Å². The Morgan fingerprint density at radius 2 is 1.76 bits per heavy atom. The third kappa shape index (κ3) is 4.54. The number of anilines is 1. The number of nitrogens with one attached hydrogen (secondary N) is 1. The van der Waals surface area contributed by atoms with Crippen molar-refractivity contribution in [2.45, 2.75) is 12.7 Å². The van der Waals surface area contributed by atoms with Crippen LogP contribution in [0.15, 0.2) is 47.1 Å². The molecule has 0 radical (unpaired) electrons. The Balaban J connectivity index is 1.49. The van der Waals surface area contributed by atoms with E-state index in [1.807, 2.05) is 12.1 Å². The van der Waals surface area contributed by atoms with Gasteiger partial charge < -0.3 is 14.6 Å². The number of halogens is 3. The number of furan rings is 1. The molecule has 0 aliphatic carbocycles. The summed E-state index contributed by atoms with van der Waals surface area (Å²) in [6.07, 6.45) is -2.75. The quantitative estimate of drug-likeness (QED) is 0.916. The molecule has 1 aliphatic rings. The van der Waals surface area contributed by atoms with Gasteiger partial charge in [-0.15, -0.1) is 0 Å². The lowest BCUT2D eigenvalue weighted by atomic mass is 10.2. The molecule has 1 aromatic carbocycles. The Morgan fingerprint density at radius 3 is 2.32 bits per heavy atom. The standard InChI is InChI=1S/C17H18F3N3O2/c18-17(19,20)13-3-5-14(6-4-13)21-16(24)23-9-7-22(8-10-23)12-15-2-1-11-25-15/h1-6,11H,7-10,12H2,(H,21,24). The van der Waals surface area contributed by atoms with Crippen molar-refractivity contribution < 1.29 is 22.4 Å². The van der Waals surface area contributed by atoms with Crippen molar-refractivity contribution in [3.05, 3.63) is 54.0 Å². The minimum atomic E-state index is -4.38. The van der Waals surface area contributed by atoms with E-state index in [-0.39, 0.29) is 6.03 Å². The molecular weight excluding hydrogens is 335 g/mol. The van der Waals surface area contributed by atoms with E-state index < -0.39 is 11.7 Å². The van der Waals surface area contributed by atoms with Crippen LogP contribution < -0.4 is 5.32 Å². The highest BCUT2D eigenvalue weighted by atomic mass is 19.4. The Labute approximate surface area is 143 Å². The first kappa shape index (κ1) is 17.3. The molecular formula is C17H18F3N3O2. The van der Waals surface area contributed by atoms with Crippen molar-refractivity contribution in [1.29, 1.82) is 0 Å². The van der Waals surface area contributed by atoms with Crippen LogP contribution in [0.1, 0.15) is 11.3 Å². The van der Waals surface area contributed by atoms with Gasteiger partial charge >= 0.3 is 12.2 Å². The number of hydrogen-bond acceptors (Lipinski definition) is 3. The number of rotatable bonds is 3. The Morgan fingerprint density at radius 1 is 1.08 bits per heavy atom. The number of hydrogen-bond donors (Lipinski definition) is 1. The van der Waals surface area contributed by atoms with Crippen LogP contribution in [0.25, 0.3) is 0 Å². The van der Waals surface area contributed by atoms with Crippen LogP contribution in [0.4, 0.5) is 23.7 Å². The second-order valence-electron chi connectivity index (χ2n) is 5.85. The maximum Gasteiger partial charge on any atom is 0.416 e. The largest absolute Gasteiger partial charge is 0.468 e. The van der Waals surface area contributed by atoms with E-state index in [1.165, 1.54) is 12.1 Å². The van der Waals surface area contributed by atoms with Crippen LogP contribution >= 0.6 is 0 Å². The predicted molar refractivity (Wildman–Crippen MR) is 86.0 cm³/mol. The van der Waals surface area contributed by atoms with Crippen molar-refractivity contribution in [3.63, 3.8) is 0 Å². The molecule has 1 aliphatic heterocycles. The molecule has 5 nitrogen and oxygen atoms in total. The van der Waals surface area contributed by atoms with Gasteiger partial charge in [0.1, 0.15) is 5.76 Å². The number of amides is 2. The molecule has 3 rings (SSSR count). The van der Waals surface area contributed by atoms with Crippen LogP contribution in [0, 0.1) is 0 Å². The van der Waals surface area contributed by atoms with Crippen LogP contribution in [0.3, 0.4) is 0 Å². The van der Waals surface area contributed by atoms with Crippen molar-refractivity contribution in [2.24, 2.45) is 0 Å². The smallest absolute Gasteiger partial charge is 0.416 e. The molecule has 0 atom stereocenters. The van der Waals surface area contributed by atoms with Gasteiger partial charge in [0.2, 0.25) is 0 Å². The average molecular weight is 353 g/mol. The molecule has 1 fully saturated rings. The zero-order chi connectivity index (χ0) is 17.9. The minimum absolute atomic E-state index is 0.308. The normalized spacial score (nSPS) is 16.0. The first-order valence-electron chi connectivity index (χ1n) is 7.90. The van der Waals surface area contributed by atoms with E-state index >= 15 is 0 Å². The number of nitrogens with zero attached hydrogens (tertiary/aromatic N) is 2. The van der Waals surface area contributed by atoms with Gasteiger partial charge in [0.05, 0.1) is 18.4 Å². The maximum absolute atomic E-state index is 12.5. The minimum Gasteiger partial charge on any atom is -0.468 e. The first-order chi connectivity index (χ1) is 11.9. The Kier molecular flexibility index (Phi) is 4.98. The highest BCUT2D eigenvalue weighted by molar-refractivity contribution is 5.89. The second-order valence-corrected chi connectivity index (χ2v) is 5.85. The molecule has 25 heavy (non-hydrogen) atoms. The van der Waals surface area contributed by atoms with Crippen LogP contribution in [-0.2, 0) is 12.7 Å². The summed E-state index contributed by atoms with van der Waals surface area (Å²) in [6, 6.07) is 7.86. The van der Waals surface area contributed by atoms with Gasteiger partial charge in [0.25, 0.3) is 0 Å². The predicted octanol–water partition coefficient (Wildman–Crippen LogP) is 3.65. The lowest BCUT2D eigenvalue weighted by Crippen LogP contribution is -2.49. The molecule has 0 saturated carbocycles. The molecule has 0 bridgehead atoms. The monoisotopic (exact) mass is 353 g/mol. The number of carbonyl (C=O) groups excluding carboxylic acids is 1. The number of alkyl halides is 3. The van der Waals surface area contributed by atoms with E-state index in [0.717, 1.165) is 17.9 Å².